The number of hydrogen-bond acceptors (Lipinski definition) is 5. The highest BCUT2D eigenvalue weighted by molar-refractivity contribution is 7.92. The van der Waals surface area contributed by atoms with Crippen LogP contribution in [0.4, 0.5) is 5.69 Å². The van der Waals surface area contributed by atoms with Crippen molar-refractivity contribution in [1.82, 2.24) is 10.2 Å². The van der Waals surface area contributed by atoms with E-state index in [-0.39, 0.29) is 18.5 Å². The monoisotopic (exact) mass is 549 g/mol. The summed E-state index contributed by atoms with van der Waals surface area (Å²) in [6.45, 7) is 3.05. The molecule has 1 saturated carbocycles. The molecule has 0 aliphatic heterocycles. The van der Waals surface area contributed by atoms with Gasteiger partial charge in [0.1, 0.15) is 18.3 Å². The predicted molar refractivity (Wildman–Crippen MR) is 146 cm³/mol. The second kappa shape index (κ2) is 12.6. The lowest BCUT2D eigenvalue weighted by molar-refractivity contribution is -0.139. The van der Waals surface area contributed by atoms with E-state index in [9.17, 15) is 18.0 Å². The molecule has 1 N–H and O–H groups in total. The first-order chi connectivity index (χ1) is 17.5. The van der Waals surface area contributed by atoms with Gasteiger partial charge in [-0.2, -0.15) is 0 Å². The molecule has 0 bridgehead atoms. The molecule has 3 rings (SSSR count). The maximum Gasteiger partial charge on any atom is 0.244 e. The molecule has 10 heteroatoms. The van der Waals surface area contributed by atoms with E-state index in [2.05, 4.69) is 5.32 Å². The fourth-order valence-corrected chi connectivity index (χ4v) is 5.61. The summed E-state index contributed by atoms with van der Waals surface area (Å²) in [5.74, 6) is -0.0742. The van der Waals surface area contributed by atoms with E-state index >= 15 is 0 Å². The minimum atomic E-state index is -3.83. The van der Waals surface area contributed by atoms with Crippen LogP contribution in [-0.4, -0.2) is 57.1 Å². The highest BCUT2D eigenvalue weighted by Gasteiger charge is 2.31. The number of ether oxygens (including phenoxy) is 1. The summed E-state index contributed by atoms with van der Waals surface area (Å²) in [6.07, 6.45) is 6.18. The van der Waals surface area contributed by atoms with Crippen LogP contribution >= 0.6 is 11.6 Å². The number of sulfonamides is 1. The molecule has 0 heterocycles. The topological polar surface area (TPSA) is 96.0 Å². The summed E-state index contributed by atoms with van der Waals surface area (Å²) in [7, 11) is -2.26. The first-order valence-electron chi connectivity index (χ1n) is 12.5. The third kappa shape index (κ3) is 7.61. The standard InChI is InChI=1S/C27H36ClN3O5S/c1-19-24(28)11-8-12-25(19)31(37(4,34)35)18-26(32)30(17-21-13-15-23(36-3)16-14-21)20(2)27(33)29-22-9-6-5-7-10-22/h8,11-16,20,22H,5-7,9-10,17-18H2,1-4H3,(H,29,33)/t20-/m0/s1. The first-order valence-corrected chi connectivity index (χ1v) is 14.7. The van der Waals surface area contributed by atoms with Crippen LogP contribution in [0.1, 0.15) is 50.2 Å². The Kier molecular flexibility index (Phi) is 9.84. The van der Waals surface area contributed by atoms with Crippen LogP contribution in [0.3, 0.4) is 0 Å². The summed E-state index contributed by atoms with van der Waals surface area (Å²) in [4.78, 5) is 28.4. The van der Waals surface area contributed by atoms with Crippen molar-refractivity contribution in [3.8, 4) is 5.75 Å². The van der Waals surface area contributed by atoms with E-state index in [1.807, 2.05) is 12.1 Å². The summed E-state index contributed by atoms with van der Waals surface area (Å²) in [5, 5.41) is 3.48. The van der Waals surface area contributed by atoms with Gasteiger partial charge in [0.25, 0.3) is 0 Å². The van der Waals surface area contributed by atoms with Crippen LogP contribution in [0.2, 0.25) is 5.02 Å². The largest absolute Gasteiger partial charge is 0.497 e. The number of halogens is 1. The van der Waals surface area contributed by atoms with Crippen molar-refractivity contribution in [2.45, 2.75) is 64.6 Å². The predicted octanol–water partition coefficient (Wildman–Crippen LogP) is 4.29. The van der Waals surface area contributed by atoms with Crippen molar-refractivity contribution < 1.29 is 22.7 Å². The van der Waals surface area contributed by atoms with Gasteiger partial charge in [0, 0.05) is 17.6 Å². The number of amides is 2. The molecule has 0 unspecified atom stereocenters. The molecule has 1 atom stereocenters. The SMILES string of the molecule is COc1ccc(CN(C(=O)CN(c2cccc(Cl)c2C)S(C)(=O)=O)[C@@H](C)C(=O)NC2CCCCC2)cc1. The molecule has 0 radical (unpaired) electrons. The van der Waals surface area contributed by atoms with Crippen molar-refractivity contribution in [1.29, 1.82) is 0 Å². The lowest BCUT2D eigenvalue weighted by atomic mass is 9.95. The zero-order chi connectivity index (χ0) is 27.2. The highest BCUT2D eigenvalue weighted by atomic mass is 35.5. The van der Waals surface area contributed by atoms with E-state index < -0.39 is 28.5 Å². The van der Waals surface area contributed by atoms with Crippen molar-refractivity contribution in [2.75, 3.05) is 24.2 Å². The van der Waals surface area contributed by atoms with Gasteiger partial charge in [-0.1, -0.05) is 49.1 Å². The van der Waals surface area contributed by atoms with E-state index in [1.165, 1.54) is 4.90 Å². The second-order valence-corrected chi connectivity index (χ2v) is 11.9. The Morgan fingerprint density at radius 2 is 1.76 bits per heavy atom. The molecule has 8 nitrogen and oxygen atoms in total. The Balaban J connectivity index is 1.90. The Bertz CT molecular complexity index is 1200. The van der Waals surface area contributed by atoms with Gasteiger partial charge in [-0.3, -0.25) is 13.9 Å². The van der Waals surface area contributed by atoms with Gasteiger partial charge in [-0.15, -0.1) is 0 Å². The number of rotatable bonds is 10. The molecule has 2 aromatic carbocycles. The molecule has 2 amide bonds. The number of hydrogen-bond donors (Lipinski definition) is 1. The summed E-state index contributed by atoms with van der Waals surface area (Å²) >= 11 is 6.24. The quantitative estimate of drug-likeness (QED) is 0.477. The van der Waals surface area contributed by atoms with Crippen LogP contribution in [0, 0.1) is 6.92 Å². The Morgan fingerprint density at radius 3 is 2.35 bits per heavy atom. The van der Waals surface area contributed by atoms with Gasteiger partial charge in [-0.05, 0) is 62.1 Å². The highest BCUT2D eigenvalue weighted by Crippen LogP contribution is 2.28. The summed E-state index contributed by atoms with van der Waals surface area (Å²) in [5.41, 5.74) is 1.66. The Hall–Kier alpha value is -2.78. The van der Waals surface area contributed by atoms with Crippen LogP contribution in [0.15, 0.2) is 42.5 Å². The van der Waals surface area contributed by atoms with Gasteiger partial charge >= 0.3 is 0 Å². The fraction of sp³-hybridized carbons (Fsp3) is 0.481. The minimum Gasteiger partial charge on any atom is -0.497 e. The zero-order valence-electron chi connectivity index (χ0n) is 21.9. The van der Waals surface area contributed by atoms with Gasteiger partial charge in [0.2, 0.25) is 21.8 Å². The van der Waals surface area contributed by atoms with Crippen LogP contribution in [-0.2, 0) is 26.2 Å². The third-order valence-electron chi connectivity index (χ3n) is 6.82. The van der Waals surface area contributed by atoms with Crippen molar-refractivity contribution in [2.24, 2.45) is 0 Å². The van der Waals surface area contributed by atoms with Crippen LogP contribution < -0.4 is 14.4 Å². The number of nitrogens with one attached hydrogen (secondary N) is 1. The summed E-state index contributed by atoms with van der Waals surface area (Å²) < 4.78 is 31.8. The molecule has 37 heavy (non-hydrogen) atoms. The van der Waals surface area contributed by atoms with E-state index in [0.717, 1.165) is 48.2 Å². The number of carbonyl (C=O) groups is 2. The molecule has 1 fully saturated rings. The Morgan fingerprint density at radius 1 is 1.11 bits per heavy atom. The van der Waals surface area contributed by atoms with Crippen LogP contribution in [0.25, 0.3) is 0 Å². The van der Waals surface area contributed by atoms with Crippen LogP contribution in [0.5, 0.6) is 5.75 Å². The lowest BCUT2D eigenvalue weighted by Crippen LogP contribution is -2.53. The Labute approximate surface area is 225 Å². The van der Waals surface area contributed by atoms with Gasteiger partial charge in [0.15, 0.2) is 0 Å². The molecule has 1 aliphatic rings. The van der Waals surface area contributed by atoms with E-state index in [0.29, 0.717) is 22.0 Å². The second-order valence-electron chi connectivity index (χ2n) is 9.54. The number of methoxy groups -OCH3 is 1. The zero-order valence-corrected chi connectivity index (χ0v) is 23.4. The molecule has 0 aromatic heterocycles. The molecule has 1 aliphatic carbocycles. The van der Waals surface area contributed by atoms with Gasteiger partial charge in [-0.25, -0.2) is 8.42 Å². The maximum absolute atomic E-state index is 13.7. The maximum atomic E-state index is 13.7. The molecule has 2 aromatic rings. The smallest absolute Gasteiger partial charge is 0.244 e. The first kappa shape index (κ1) is 28.8. The lowest BCUT2D eigenvalue weighted by Gasteiger charge is -2.33. The molecule has 0 saturated heterocycles. The molecular weight excluding hydrogens is 514 g/mol. The number of carbonyl (C=O) groups excluding carboxylic acids is 2. The normalized spacial score (nSPS) is 15.1. The number of benzene rings is 2. The van der Waals surface area contributed by atoms with Crippen molar-refractivity contribution in [3.05, 3.63) is 58.6 Å². The average molecular weight is 550 g/mol. The molecule has 0 spiro atoms. The third-order valence-corrected chi connectivity index (χ3v) is 8.35. The number of nitrogens with zero attached hydrogens (tertiary/aromatic N) is 2. The molecule has 202 valence electrons. The van der Waals surface area contributed by atoms with E-state index in [4.69, 9.17) is 16.3 Å². The van der Waals surface area contributed by atoms with Gasteiger partial charge < -0.3 is 15.0 Å². The molecular formula is C27H36ClN3O5S. The average Bonchev–Trinajstić information content (AvgIpc) is 2.87. The fourth-order valence-electron chi connectivity index (χ4n) is 4.54. The number of anilines is 1. The van der Waals surface area contributed by atoms with Crippen molar-refractivity contribution in [3.63, 3.8) is 0 Å². The van der Waals surface area contributed by atoms with Crippen molar-refractivity contribution >= 4 is 39.1 Å². The van der Waals surface area contributed by atoms with Gasteiger partial charge in [0.05, 0.1) is 19.1 Å². The minimum absolute atomic E-state index is 0.0864. The van der Waals surface area contributed by atoms with E-state index in [1.54, 1.807) is 51.3 Å². The summed E-state index contributed by atoms with van der Waals surface area (Å²) in [6, 6.07) is 11.4.